The van der Waals surface area contributed by atoms with Gasteiger partial charge >= 0.3 is 7.60 Å². The maximum absolute atomic E-state index is 14.3. The molecule has 1 heterocycles. The van der Waals surface area contributed by atoms with E-state index in [0.717, 1.165) is 0 Å². The number of ether oxygens (including phenoxy) is 1. The zero-order chi connectivity index (χ0) is 26.3. The molecule has 13 heteroatoms. The fourth-order valence-corrected chi connectivity index (χ4v) is 8.79. The largest absolute Gasteiger partial charge is 0.388 e. The Hall–Kier alpha value is 0.310. The van der Waals surface area contributed by atoms with E-state index in [1.165, 1.54) is 14.5 Å². The number of aliphatic hydroxyl groups excluding tert-OH is 2. The smallest absolute Gasteiger partial charge is 0.359 e. The summed E-state index contributed by atoms with van der Waals surface area (Å²) in [5.41, 5.74) is -2.61. The number of hydrogen-bond donors (Lipinski definition) is 4. The van der Waals surface area contributed by atoms with Crippen molar-refractivity contribution in [2.75, 3.05) is 0 Å². The summed E-state index contributed by atoms with van der Waals surface area (Å²) >= 11 is 0. The van der Waals surface area contributed by atoms with Gasteiger partial charge in [-0.15, -0.1) is 0 Å². The van der Waals surface area contributed by atoms with E-state index in [1.54, 1.807) is 49.4 Å². The van der Waals surface area contributed by atoms with E-state index in [9.17, 15) is 29.3 Å². The molecule has 0 aromatic heterocycles. The Kier molecular flexibility index (Phi) is 9.83. The highest BCUT2D eigenvalue weighted by Crippen LogP contribution is 2.69. The van der Waals surface area contributed by atoms with Gasteiger partial charge in [-0.05, 0) is 53.4 Å². The first-order valence-electron chi connectivity index (χ1n) is 11.8. The standard InChI is InChI=1S/C20H44B2O9P2/c1-9-17(5,15-13(23)14(24)16(21)29-15)30-32(22,26)19(7,11-3)18(6,10-2)31-33(27,28)20(8,25)12-4/h13-16,23-25H,9-12,21-22H2,1-8H3,(H,27,28)/t13-,14+,15?,16+,17?,18?,19?,20?,32?/m0/s1. The van der Waals surface area contributed by atoms with E-state index in [1.807, 2.05) is 6.92 Å². The Morgan fingerprint density at radius 2 is 1.42 bits per heavy atom. The first kappa shape index (κ1) is 31.3. The van der Waals surface area contributed by atoms with Crippen LogP contribution in [-0.4, -0.2) is 81.6 Å². The van der Waals surface area contributed by atoms with E-state index in [-0.39, 0.29) is 19.3 Å². The van der Waals surface area contributed by atoms with E-state index in [0.29, 0.717) is 6.42 Å². The van der Waals surface area contributed by atoms with Gasteiger partial charge in [-0.2, -0.15) is 0 Å². The molecule has 4 N–H and O–H groups in total. The van der Waals surface area contributed by atoms with E-state index in [4.69, 9.17) is 13.8 Å². The van der Waals surface area contributed by atoms with E-state index >= 15 is 0 Å². The van der Waals surface area contributed by atoms with Gasteiger partial charge in [0.1, 0.15) is 31.8 Å². The molecule has 33 heavy (non-hydrogen) atoms. The lowest BCUT2D eigenvalue weighted by molar-refractivity contribution is -0.100. The summed E-state index contributed by atoms with van der Waals surface area (Å²) in [7, 11) is -5.10. The fraction of sp³-hybridized carbons (Fsp3) is 1.00. The van der Waals surface area contributed by atoms with Crippen LogP contribution in [-0.2, 0) is 22.9 Å². The van der Waals surface area contributed by atoms with E-state index < -0.39 is 60.9 Å². The van der Waals surface area contributed by atoms with Crippen molar-refractivity contribution >= 4 is 30.3 Å². The van der Waals surface area contributed by atoms with Crippen molar-refractivity contribution < 1.29 is 43.1 Å². The van der Waals surface area contributed by atoms with E-state index in [2.05, 4.69) is 0 Å². The van der Waals surface area contributed by atoms with Gasteiger partial charge in [0.15, 0.2) is 12.6 Å². The molecule has 0 amide bonds. The predicted octanol–water partition coefficient (Wildman–Crippen LogP) is 1.74. The van der Waals surface area contributed by atoms with Crippen molar-refractivity contribution in [1.29, 1.82) is 0 Å². The first-order chi connectivity index (χ1) is 14.7. The van der Waals surface area contributed by atoms with Crippen molar-refractivity contribution in [2.24, 2.45) is 0 Å². The van der Waals surface area contributed by atoms with Crippen LogP contribution in [0.5, 0.6) is 0 Å². The second-order valence-electron chi connectivity index (χ2n) is 10.2. The summed E-state index contributed by atoms with van der Waals surface area (Å²) < 4.78 is 45.3. The number of rotatable bonds is 12. The molecule has 9 nitrogen and oxygen atoms in total. The second kappa shape index (κ2) is 10.4. The van der Waals surface area contributed by atoms with Gasteiger partial charge < -0.3 is 34.0 Å². The van der Waals surface area contributed by atoms with Crippen LogP contribution in [0.25, 0.3) is 0 Å². The third-order valence-electron chi connectivity index (χ3n) is 8.19. The average molecular weight is 512 g/mol. The molecule has 1 rings (SSSR count). The molecule has 1 fully saturated rings. The van der Waals surface area contributed by atoms with Crippen molar-refractivity contribution in [3.8, 4) is 0 Å². The van der Waals surface area contributed by atoms with Crippen LogP contribution in [0.4, 0.5) is 0 Å². The SMILES string of the molecule is B[C@@H]1OC(C(C)(CC)OP(B)(=O)C(C)(CC)C(C)(CC)OP(=O)(O)C(C)(O)CC)[C@@H](O)[C@H]1O. The van der Waals surface area contributed by atoms with Gasteiger partial charge in [-0.3, -0.25) is 9.09 Å². The van der Waals surface area contributed by atoms with Crippen molar-refractivity contribution in [1.82, 2.24) is 0 Å². The van der Waals surface area contributed by atoms with Crippen LogP contribution < -0.4 is 0 Å². The molecule has 194 valence electrons. The molecule has 1 aliphatic heterocycles. The monoisotopic (exact) mass is 512 g/mol. The molecule has 0 saturated carbocycles. The molecule has 7 unspecified atom stereocenters. The molecule has 0 radical (unpaired) electrons. The molecule has 0 aliphatic carbocycles. The highest BCUT2D eigenvalue weighted by atomic mass is 31.2. The van der Waals surface area contributed by atoms with Crippen LogP contribution in [0.2, 0.25) is 0 Å². The first-order valence-corrected chi connectivity index (χ1v) is 15.5. The minimum atomic E-state index is -4.54. The summed E-state index contributed by atoms with van der Waals surface area (Å²) in [6.07, 6.45) is -2.40. The second-order valence-corrected chi connectivity index (χ2v) is 15.3. The predicted molar refractivity (Wildman–Crippen MR) is 134 cm³/mol. The van der Waals surface area contributed by atoms with Gasteiger partial charge in [0.2, 0.25) is 7.57 Å². The van der Waals surface area contributed by atoms with Crippen LogP contribution in [0.1, 0.15) is 81.1 Å². The van der Waals surface area contributed by atoms with Gasteiger partial charge in [0.05, 0.1) is 16.8 Å². The lowest BCUT2D eigenvalue weighted by Gasteiger charge is -2.52. The Balaban J connectivity index is 3.47. The summed E-state index contributed by atoms with van der Waals surface area (Å²) in [6, 6.07) is -0.617. The van der Waals surface area contributed by atoms with Crippen LogP contribution >= 0.6 is 14.8 Å². The zero-order valence-corrected chi connectivity index (χ0v) is 23.7. The molecular formula is C20H44B2O9P2. The van der Waals surface area contributed by atoms with Crippen LogP contribution in [0.3, 0.4) is 0 Å². The fourth-order valence-electron chi connectivity index (χ4n) is 4.38. The zero-order valence-electron chi connectivity index (χ0n) is 21.9. The Labute approximate surface area is 200 Å². The quantitative estimate of drug-likeness (QED) is 0.227. The molecular weight excluding hydrogens is 468 g/mol. The number of aliphatic hydroxyl groups is 3. The van der Waals surface area contributed by atoms with Gasteiger partial charge in [0.25, 0.3) is 0 Å². The maximum atomic E-state index is 14.3. The van der Waals surface area contributed by atoms with Gasteiger partial charge in [-0.25, -0.2) is 0 Å². The van der Waals surface area contributed by atoms with Crippen molar-refractivity contribution in [3.63, 3.8) is 0 Å². The molecule has 1 aliphatic rings. The Morgan fingerprint density at radius 1 is 0.909 bits per heavy atom. The topological polar surface area (TPSA) is 143 Å². The maximum Gasteiger partial charge on any atom is 0.359 e. The van der Waals surface area contributed by atoms with Gasteiger partial charge in [0, 0.05) is 0 Å². The van der Waals surface area contributed by atoms with Crippen LogP contribution in [0.15, 0.2) is 0 Å². The van der Waals surface area contributed by atoms with Gasteiger partial charge in [-0.1, -0.05) is 27.7 Å². The molecule has 0 spiro atoms. The third-order valence-corrected chi connectivity index (χ3v) is 13.7. The highest BCUT2D eigenvalue weighted by Gasteiger charge is 2.61. The Morgan fingerprint density at radius 3 is 1.76 bits per heavy atom. The molecule has 0 aromatic rings. The molecule has 0 bridgehead atoms. The van der Waals surface area contributed by atoms with Crippen molar-refractivity contribution in [2.45, 2.75) is 127 Å². The average Bonchev–Trinajstić information content (AvgIpc) is 2.99. The summed E-state index contributed by atoms with van der Waals surface area (Å²) in [4.78, 5) is 10.6. The lowest BCUT2D eigenvalue weighted by Crippen LogP contribution is -2.54. The highest BCUT2D eigenvalue weighted by molar-refractivity contribution is 7.84. The summed E-state index contributed by atoms with van der Waals surface area (Å²) in [6.45, 7) is 13.2. The normalized spacial score (nSPS) is 34.8. The van der Waals surface area contributed by atoms with Crippen LogP contribution in [0, 0.1) is 0 Å². The minimum absolute atomic E-state index is 0.00494. The lowest BCUT2D eigenvalue weighted by atomic mass is 9.85. The summed E-state index contributed by atoms with van der Waals surface area (Å²) in [5, 5.41) is 28.0. The number of hydrogen-bond acceptors (Lipinski definition) is 8. The molecule has 0 aromatic carbocycles. The Bertz CT molecular complexity index is 785. The minimum Gasteiger partial charge on any atom is -0.388 e. The molecule has 10 atom stereocenters. The summed E-state index contributed by atoms with van der Waals surface area (Å²) in [5.74, 6) is 0. The third kappa shape index (κ3) is 5.52. The van der Waals surface area contributed by atoms with Crippen molar-refractivity contribution in [3.05, 3.63) is 0 Å². The molecule has 1 saturated heterocycles.